The number of nitrogens with one attached hydrogen (secondary N) is 1. The van der Waals surface area contributed by atoms with E-state index >= 15 is 0 Å². The number of nitrogens with zero attached hydrogens (tertiary/aromatic N) is 3. The molecule has 1 saturated heterocycles. The minimum Gasteiger partial charge on any atom is -0.352 e. The molecule has 1 amide bonds. The van der Waals surface area contributed by atoms with Gasteiger partial charge in [0.05, 0.1) is 6.33 Å². The molecule has 2 heterocycles. The molecule has 1 aromatic rings. The summed E-state index contributed by atoms with van der Waals surface area (Å²) in [6.45, 7) is 3.17. The number of aromatic nitrogens is 2. The minimum absolute atomic E-state index is 0.235. The van der Waals surface area contributed by atoms with Gasteiger partial charge in [-0.2, -0.15) is 0 Å². The van der Waals surface area contributed by atoms with Crippen molar-refractivity contribution in [3.8, 4) is 0 Å². The van der Waals surface area contributed by atoms with E-state index in [0.29, 0.717) is 18.4 Å². The van der Waals surface area contributed by atoms with Crippen LogP contribution in [0.15, 0.2) is 18.7 Å². The van der Waals surface area contributed by atoms with Crippen LogP contribution in [-0.4, -0.2) is 45.5 Å². The molecule has 5 nitrogen and oxygen atoms in total. The summed E-state index contributed by atoms with van der Waals surface area (Å²) in [6, 6.07) is 1.17. The molecular weight excluding hydrogens is 300 g/mol. The largest absolute Gasteiger partial charge is 0.352 e. The van der Waals surface area contributed by atoms with Gasteiger partial charge in [0.15, 0.2) is 0 Å². The Morgan fingerprint density at radius 3 is 2.71 bits per heavy atom. The molecule has 2 atom stereocenters. The van der Waals surface area contributed by atoms with E-state index in [1.165, 1.54) is 45.1 Å². The number of hydrogen-bond acceptors (Lipinski definition) is 3. The number of carbonyl (C=O) groups excluding carboxylic acids is 1. The number of amides is 1. The smallest absolute Gasteiger partial charge is 0.220 e. The average Bonchev–Trinajstić information content (AvgIpc) is 3.01. The van der Waals surface area contributed by atoms with Crippen LogP contribution in [0, 0.1) is 11.8 Å². The summed E-state index contributed by atoms with van der Waals surface area (Å²) >= 11 is 0. The van der Waals surface area contributed by atoms with Crippen LogP contribution in [0.2, 0.25) is 0 Å². The van der Waals surface area contributed by atoms with Crippen molar-refractivity contribution in [1.82, 2.24) is 19.8 Å². The minimum atomic E-state index is 0.235. The van der Waals surface area contributed by atoms with Gasteiger partial charge >= 0.3 is 0 Å². The van der Waals surface area contributed by atoms with Gasteiger partial charge < -0.3 is 9.88 Å². The van der Waals surface area contributed by atoms with Crippen molar-refractivity contribution in [3.05, 3.63) is 18.7 Å². The maximum absolute atomic E-state index is 12.4. The number of likely N-dealkylation sites (tertiary alicyclic amines) is 1. The fraction of sp³-hybridized carbons (Fsp3) is 0.789. The zero-order valence-corrected chi connectivity index (χ0v) is 14.6. The fourth-order valence-corrected chi connectivity index (χ4v) is 4.70. The Morgan fingerprint density at radius 1 is 1.17 bits per heavy atom. The Morgan fingerprint density at radius 2 is 2.00 bits per heavy atom. The summed E-state index contributed by atoms with van der Waals surface area (Å²) in [6.07, 6.45) is 15.3. The molecule has 1 N–H and O–H groups in total. The summed E-state index contributed by atoms with van der Waals surface area (Å²) in [5.74, 6) is 1.80. The molecule has 24 heavy (non-hydrogen) atoms. The van der Waals surface area contributed by atoms with Crippen LogP contribution >= 0.6 is 0 Å². The monoisotopic (exact) mass is 330 g/mol. The van der Waals surface area contributed by atoms with Crippen LogP contribution in [0.5, 0.6) is 0 Å². The van der Waals surface area contributed by atoms with Crippen molar-refractivity contribution < 1.29 is 4.79 Å². The number of hydrogen-bond donors (Lipinski definition) is 1. The summed E-state index contributed by atoms with van der Waals surface area (Å²) in [5, 5.41) is 3.38. The van der Waals surface area contributed by atoms with Crippen molar-refractivity contribution in [2.24, 2.45) is 11.8 Å². The molecule has 2 saturated carbocycles. The second-order valence-electron chi connectivity index (χ2n) is 7.97. The van der Waals surface area contributed by atoms with Gasteiger partial charge in [0.25, 0.3) is 0 Å². The molecule has 0 spiro atoms. The van der Waals surface area contributed by atoms with Crippen LogP contribution in [0.3, 0.4) is 0 Å². The lowest BCUT2D eigenvalue weighted by atomic mass is 9.98. The van der Waals surface area contributed by atoms with Crippen LogP contribution in [0.25, 0.3) is 0 Å². The van der Waals surface area contributed by atoms with E-state index in [0.717, 1.165) is 31.5 Å². The Labute approximate surface area is 144 Å². The molecule has 2 aliphatic carbocycles. The lowest BCUT2D eigenvalue weighted by Crippen LogP contribution is -2.41. The fourth-order valence-electron chi connectivity index (χ4n) is 4.70. The van der Waals surface area contributed by atoms with Crippen LogP contribution in [-0.2, 0) is 11.3 Å². The highest BCUT2D eigenvalue weighted by Gasteiger charge is 2.44. The SMILES string of the molecule is O=C(CCCn1ccnc1)N[C@@H]1CN(C2CCCC2)C[C@H]1C1CC1. The molecule has 1 aromatic heterocycles. The van der Waals surface area contributed by atoms with Crippen molar-refractivity contribution >= 4 is 5.91 Å². The third kappa shape index (κ3) is 3.82. The van der Waals surface area contributed by atoms with Crippen molar-refractivity contribution in [1.29, 1.82) is 0 Å². The molecule has 3 aliphatic rings. The van der Waals surface area contributed by atoms with Crippen molar-refractivity contribution in [3.63, 3.8) is 0 Å². The molecule has 4 rings (SSSR count). The first-order valence-corrected chi connectivity index (χ1v) is 9.79. The molecule has 5 heteroatoms. The van der Waals surface area contributed by atoms with E-state index in [1.54, 1.807) is 6.20 Å². The number of aryl methyl sites for hydroxylation is 1. The van der Waals surface area contributed by atoms with E-state index in [9.17, 15) is 4.79 Å². The van der Waals surface area contributed by atoms with Crippen LogP contribution in [0.4, 0.5) is 0 Å². The molecular formula is C19H30N4O. The predicted octanol–water partition coefficient (Wildman–Crippen LogP) is 2.43. The van der Waals surface area contributed by atoms with E-state index in [4.69, 9.17) is 0 Å². The Balaban J connectivity index is 1.26. The number of carbonyl (C=O) groups is 1. The number of imidazole rings is 1. The van der Waals surface area contributed by atoms with E-state index in [2.05, 4.69) is 15.2 Å². The normalized spacial score (nSPS) is 28.5. The summed E-state index contributed by atoms with van der Waals surface area (Å²) in [7, 11) is 0. The van der Waals surface area contributed by atoms with Gasteiger partial charge in [-0.25, -0.2) is 4.98 Å². The highest BCUT2D eigenvalue weighted by molar-refractivity contribution is 5.76. The molecule has 0 radical (unpaired) electrons. The summed E-state index contributed by atoms with van der Waals surface area (Å²) < 4.78 is 2.04. The van der Waals surface area contributed by atoms with Gasteiger partial charge in [0, 0.05) is 50.5 Å². The zero-order valence-electron chi connectivity index (χ0n) is 14.6. The van der Waals surface area contributed by atoms with Crippen molar-refractivity contribution in [2.45, 2.75) is 70.0 Å². The second-order valence-corrected chi connectivity index (χ2v) is 7.97. The van der Waals surface area contributed by atoms with Gasteiger partial charge in [0.2, 0.25) is 5.91 Å². The van der Waals surface area contributed by atoms with E-state index in [1.807, 2.05) is 17.1 Å². The maximum Gasteiger partial charge on any atom is 0.220 e. The average molecular weight is 330 g/mol. The van der Waals surface area contributed by atoms with Gasteiger partial charge in [-0.15, -0.1) is 0 Å². The zero-order chi connectivity index (χ0) is 16.4. The summed E-state index contributed by atoms with van der Waals surface area (Å²) in [5.41, 5.74) is 0. The quantitative estimate of drug-likeness (QED) is 0.835. The number of rotatable bonds is 7. The first-order chi connectivity index (χ1) is 11.8. The van der Waals surface area contributed by atoms with Gasteiger partial charge in [0.1, 0.15) is 0 Å². The first kappa shape index (κ1) is 16.1. The Hall–Kier alpha value is -1.36. The molecule has 0 bridgehead atoms. The van der Waals surface area contributed by atoms with Gasteiger partial charge in [-0.05, 0) is 43.9 Å². The maximum atomic E-state index is 12.4. The van der Waals surface area contributed by atoms with E-state index in [-0.39, 0.29) is 5.91 Å². The third-order valence-electron chi connectivity index (χ3n) is 6.19. The topological polar surface area (TPSA) is 50.2 Å². The van der Waals surface area contributed by atoms with Gasteiger partial charge in [-0.1, -0.05) is 12.8 Å². The summed E-state index contributed by atoms with van der Waals surface area (Å²) in [4.78, 5) is 19.1. The Bertz CT molecular complexity index is 534. The van der Waals surface area contributed by atoms with Crippen LogP contribution in [0.1, 0.15) is 51.4 Å². The Kier molecular flexibility index (Phi) is 4.88. The van der Waals surface area contributed by atoms with Gasteiger partial charge in [-0.3, -0.25) is 9.69 Å². The highest BCUT2D eigenvalue weighted by Crippen LogP contribution is 2.42. The molecule has 1 aliphatic heterocycles. The van der Waals surface area contributed by atoms with Crippen molar-refractivity contribution in [2.75, 3.05) is 13.1 Å². The highest BCUT2D eigenvalue weighted by atomic mass is 16.1. The molecule has 3 fully saturated rings. The van der Waals surface area contributed by atoms with E-state index < -0.39 is 0 Å². The molecule has 0 unspecified atom stereocenters. The lowest BCUT2D eigenvalue weighted by Gasteiger charge is -2.23. The second kappa shape index (κ2) is 7.26. The van der Waals surface area contributed by atoms with Crippen LogP contribution < -0.4 is 5.32 Å². The molecule has 0 aromatic carbocycles. The lowest BCUT2D eigenvalue weighted by molar-refractivity contribution is -0.122. The predicted molar refractivity (Wildman–Crippen MR) is 93.4 cm³/mol. The standard InChI is InChI=1S/C19H30N4O/c24-19(6-3-10-22-11-9-20-14-22)21-18-13-23(16-4-1-2-5-16)12-17(18)15-7-8-15/h9,11,14-18H,1-8,10,12-13H2,(H,21,24)/t17-,18+/m0/s1. The molecule has 132 valence electrons. The third-order valence-corrected chi connectivity index (χ3v) is 6.19. The first-order valence-electron chi connectivity index (χ1n) is 9.79.